The van der Waals surface area contributed by atoms with E-state index in [0.717, 1.165) is 5.39 Å². The van der Waals surface area contributed by atoms with Crippen LogP contribution in [0.3, 0.4) is 0 Å². The standard InChI is InChI=1S/C18H13N3O3/c22-17(16-10-9-12-5-2-4-8-15(12)20-16)21-19-11-13-6-1-3-7-14(13)18(23)24/h1-11H,(H,21,22)(H,23,24). The fourth-order valence-electron chi connectivity index (χ4n) is 2.21. The number of fused-ring (bicyclic) bond motifs is 1. The number of carboxylic acids is 1. The summed E-state index contributed by atoms with van der Waals surface area (Å²) in [6.45, 7) is 0. The molecule has 118 valence electrons. The van der Waals surface area contributed by atoms with Crippen LogP contribution in [0.5, 0.6) is 0 Å². The molecule has 0 unspecified atom stereocenters. The summed E-state index contributed by atoms with van der Waals surface area (Å²) in [6, 6.07) is 17.3. The van der Waals surface area contributed by atoms with Crippen LogP contribution in [-0.2, 0) is 0 Å². The molecular formula is C18H13N3O3. The number of hydrogen-bond acceptors (Lipinski definition) is 4. The lowest BCUT2D eigenvalue weighted by Gasteiger charge is -2.02. The average molecular weight is 319 g/mol. The molecule has 0 spiro atoms. The first-order valence-corrected chi connectivity index (χ1v) is 7.16. The van der Waals surface area contributed by atoms with Crippen LogP contribution in [0, 0.1) is 0 Å². The number of nitrogens with one attached hydrogen (secondary N) is 1. The van der Waals surface area contributed by atoms with Crippen LogP contribution in [0.2, 0.25) is 0 Å². The van der Waals surface area contributed by atoms with Gasteiger partial charge in [-0.15, -0.1) is 0 Å². The molecule has 1 amide bonds. The van der Waals surface area contributed by atoms with Gasteiger partial charge in [-0.3, -0.25) is 4.79 Å². The van der Waals surface area contributed by atoms with E-state index in [1.807, 2.05) is 24.3 Å². The summed E-state index contributed by atoms with van der Waals surface area (Å²) in [5, 5.41) is 13.8. The smallest absolute Gasteiger partial charge is 0.336 e. The summed E-state index contributed by atoms with van der Waals surface area (Å²) in [4.78, 5) is 27.5. The first-order valence-electron chi connectivity index (χ1n) is 7.16. The predicted molar refractivity (Wildman–Crippen MR) is 90.2 cm³/mol. The van der Waals surface area contributed by atoms with E-state index in [2.05, 4.69) is 15.5 Å². The Morgan fingerprint density at radius 2 is 1.75 bits per heavy atom. The monoisotopic (exact) mass is 319 g/mol. The highest BCUT2D eigenvalue weighted by Gasteiger charge is 2.08. The van der Waals surface area contributed by atoms with E-state index in [4.69, 9.17) is 5.11 Å². The minimum atomic E-state index is -1.06. The number of aromatic carboxylic acids is 1. The lowest BCUT2D eigenvalue weighted by Crippen LogP contribution is -2.19. The van der Waals surface area contributed by atoms with Crippen LogP contribution in [0.25, 0.3) is 10.9 Å². The van der Waals surface area contributed by atoms with Crippen LogP contribution in [0.4, 0.5) is 0 Å². The Morgan fingerprint density at radius 1 is 1.00 bits per heavy atom. The van der Waals surface area contributed by atoms with Crippen LogP contribution in [0.15, 0.2) is 65.8 Å². The summed E-state index contributed by atoms with van der Waals surface area (Å²) in [6.07, 6.45) is 1.29. The van der Waals surface area contributed by atoms with Crippen molar-refractivity contribution in [2.45, 2.75) is 0 Å². The van der Waals surface area contributed by atoms with E-state index in [1.54, 1.807) is 30.3 Å². The molecule has 3 rings (SSSR count). The highest BCUT2D eigenvalue weighted by molar-refractivity contribution is 5.99. The van der Waals surface area contributed by atoms with Gasteiger partial charge in [-0.1, -0.05) is 42.5 Å². The number of carbonyl (C=O) groups excluding carboxylic acids is 1. The second kappa shape index (κ2) is 6.70. The van der Waals surface area contributed by atoms with Crippen molar-refractivity contribution in [1.82, 2.24) is 10.4 Å². The Balaban J connectivity index is 1.76. The molecule has 3 aromatic rings. The summed E-state index contributed by atoms with van der Waals surface area (Å²) in [7, 11) is 0. The minimum absolute atomic E-state index is 0.110. The van der Waals surface area contributed by atoms with Crippen molar-refractivity contribution < 1.29 is 14.7 Å². The molecule has 6 nitrogen and oxygen atoms in total. The number of carboxylic acid groups (broad SMARTS) is 1. The molecule has 1 aromatic heterocycles. The summed E-state index contributed by atoms with van der Waals surface area (Å²) >= 11 is 0. The fraction of sp³-hybridized carbons (Fsp3) is 0. The second-order valence-electron chi connectivity index (χ2n) is 4.98. The van der Waals surface area contributed by atoms with E-state index in [0.29, 0.717) is 11.1 Å². The zero-order valence-electron chi connectivity index (χ0n) is 12.5. The first kappa shape index (κ1) is 15.4. The highest BCUT2D eigenvalue weighted by atomic mass is 16.4. The van der Waals surface area contributed by atoms with Crippen molar-refractivity contribution in [1.29, 1.82) is 0 Å². The normalized spacial score (nSPS) is 10.8. The number of nitrogens with zero attached hydrogens (tertiary/aromatic N) is 2. The molecule has 24 heavy (non-hydrogen) atoms. The Bertz CT molecular complexity index is 951. The molecule has 0 aliphatic rings. The van der Waals surface area contributed by atoms with Crippen molar-refractivity contribution in [2.24, 2.45) is 5.10 Å². The minimum Gasteiger partial charge on any atom is -0.478 e. The number of carbonyl (C=O) groups is 2. The Kier molecular flexibility index (Phi) is 4.29. The first-order chi connectivity index (χ1) is 11.6. The molecule has 0 saturated carbocycles. The molecule has 1 heterocycles. The molecule has 2 N–H and O–H groups in total. The quantitative estimate of drug-likeness (QED) is 0.571. The number of rotatable bonds is 4. The number of hydrogen-bond donors (Lipinski definition) is 2. The molecule has 0 atom stereocenters. The van der Waals surface area contributed by atoms with Gasteiger partial charge in [-0.05, 0) is 18.2 Å². The molecule has 0 saturated heterocycles. The zero-order chi connectivity index (χ0) is 16.9. The summed E-state index contributed by atoms with van der Waals surface area (Å²) < 4.78 is 0. The van der Waals surface area contributed by atoms with E-state index in [-0.39, 0.29) is 11.3 Å². The van der Waals surface area contributed by atoms with Crippen molar-refractivity contribution in [3.63, 3.8) is 0 Å². The van der Waals surface area contributed by atoms with Crippen molar-refractivity contribution >= 4 is 29.0 Å². The third kappa shape index (κ3) is 3.27. The van der Waals surface area contributed by atoms with Gasteiger partial charge in [0.05, 0.1) is 17.3 Å². The van der Waals surface area contributed by atoms with Gasteiger partial charge in [-0.2, -0.15) is 5.10 Å². The van der Waals surface area contributed by atoms with Gasteiger partial charge >= 0.3 is 5.97 Å². The van der Waals surface area contributed by atoms with Crippen LogP contribution in [0.1, 0.15) is 26.4 Å². The van der Waals surface area contributed by atoms with Crippen LogP contribution < -0.4 is 5.43 Å². The summed E-state index contributed by atoms with van der Waals surface area (Å²) in [5.41, 5.74) is 3.81. The number of hydrazone groups is 1. The van der Waals surface area contributed by atoms with Gasteiger partial charge in [-0.25, -0.2) is 15.2 Å². The van der Waals surface area contributed by atoms with Gasteiger partial charge in [0.2, 0.25) is 0 Å². The number of para-hydroxylation sites is 1. The fourth-order valence-corrected chi connectivity index (χ4v) is 2.21. The molecule has 0 bridgehead atoms. The third-order valence-electron chi connectivity index (χ3n) is 3.39. The van der Waals surface area contributed by atoms with E-state index < -0.39 is 11.9 Å². The number of pyridine rings is 1. The zero-order valence-corrected chi connectivity index (χ0v) is 12.5. The number of benzene rings is 2. The lowest BCUT2D eigenvalue weighted by molar-refractivity contribution is 0.0696. The lowest BCUT2D eigenvalue weighted by atomic mass is 10.1. The Hall–Kier alpha value is -3.54. The van der Waals surface area contributed by atoms with Crippen LogP contribution in [-0.4, -0.2) is 28.2 Å². The maximum absolute atomic E-state index is 12.1. The third-order valence-corrected chi connectivity index (χ3v) is 3.39. The topological polar surface area (TPSA) is 91.7 Å². The van der Waals surface area contributed by atoms with Crippen molar-refractivity contribution in [3.05, 3.63) is 77.5 Å². The molecule has 2 aromatic carbocycles. The van der Waals surface area contributed by atoms with E-state index >= 15 is 0 Å². The maximum atomic E-state index is 12.1. The molecular weight excluding hydrogens is 306 g/mol. The van der Waals surface area contributed by atoms with Gasteiger partial charge in [0.25, 0.3) is 5.91 Å². The molecule has 0 fully saturated rings. The van der Waals surface area contributed by atoms with Gasteiger partial charge in [0, 0.05) is 10.9 Å². The molecule has 0 radical (unpaired) electrons. The number of aromatic nitrogens is 1. The average Bonchev–Trinajstić information content (AvgIpc) is 2.61. The van der Waals surface area contributed by atoms with Gasteiger partial charge in [0.1, 0.15) is 5.69 Å². The van der Waals surface area contributed by atoms with Crippen molar-refractivity contribution in [3.8, 4) is 0 Å². The van der Waals surface area contributed by atoms with Crippen LogP contribution >= 0.6 is 0 Å². The SMILES string of the molecule is O=C(NN=Cc1ccccc1C(=O)O)c1ccc2ccccc2n1. The largest absolute Gasteiger partial charge is 0.478 e. The highest BCUT2D eigenvalue weighted by Crippen LogP contribution is 2.11. The van der Waals surface area contributed by atoms with Gasteiger partial charge in [0.15, 0.2) is 0 Å². The number of amides is 1. The molecule has 0 aliphatic heterocycles. The molecule has 6 heteroatoms. The maximum Gasteiger partial charge on any atom is 0.336 e. The van der Waals surface area contributed by atoms with Crippen molar-refractivity contribution in [2.75, 3.05) is 0 Å². The Labute approximate surface area is 137 Å². The second-order valence-corrected chi connectivity index (χ2v) is 4.98. The van der Waals surface area contributed by atoms with E-state index in [1.165, 1.54) is 12.3 Å². The summed E-state index contributed by atoms with van der Waals surface area (Å²) in [5.74, 6) is -1.52. The predicted octanol–water partition coefficient (Wildman–Crippen LogP) is 2.70. The molecule has 0 aliphatic carbocycles. The Morgan fingerprint density at radius 3 is 2.58 bits per heavy atom. The van der Waals surface area contributed by atoms with E-state index in [9.17, 15) is 9.59 Å². The van der Waals surface area contributed by atoms with Gasteiger partial charge < -0.3 is 5.11 Å².